The van der Waals surface area contributed by atoms with Crippen molar-refractivity contribution in [2.45, 2.75) is 32.7 Å². The van der Waals surface area contributed by atoms with Gasteiger partial charge in [-0.05, 0) is 60.4 Å². The van der Waals surface area contributed by atoms with Gasteiger partial charge in [-0.1, -0.05) is 73.5 Å². The van der Waals surface area contributed by atoms with Gasteiger partial charge < -0.3 is 10.6 Å². The number of carbonyl (C=O) groups is 1. The van der Waals surface area contributed by atoms with Crippen LogP contribution in [0.25, 0.3) is 11.3 Å². The Morgan fingerprint density at radius 2 is 1.71 bits per heavy atom. The zero-order chi connectivity index (χ0) is 23.8. The van der Waals surface area contributed by atoms with Crippen LogP contribution in [0.4, 0.5) is 11.4 Å². The molecular weight excluding hydrogens is 442 g/mol. The standard InChI is InChI=1S/C29H28ClN3O/c1-2-3-8-21-12-15-24(16-13-21)33-29(34)25-17-14-23(28-26(30)11-7-18-31-28)19-27(25)32-20-22-9-5-4-6-10-22/h4-7,9-19,32H,2-3,8,20H2,1H3,(H,33,34). The minimum Gasteiger partial charge on any atom is -0.380 e. The molecule has 2 N–H and O–H groups in total. The Kier molecular flexibility index (Phi) is 7.95. The Balaban J connectivity index is 1.59. The molecule has 0 saturated heterocycles. The number of hydrogen-bond donors (Lipinski definition) is 2. The van der Waals surface area contributed by atoms with Gasteiger partial charge in [0.25, 0.3) is 5.91 Å². The van der Waals surface area contributed by atoms with Crippen molar-refractivity contribution in [2.75, 3.05) is 10.6 Å². The molecule has 172 valence electrons. The van der Waals surface area contributed by atoms with Gasteiger partial charge in [0.1, 0.15) is 0 Å². The first-order valence-corrected chi connectivity index (χ1v) is 11.9. The van der Waals surface area contributed by atoms with Crippen molar-refractivity contribution in [3.05, 3.63) is 113 Å². The zero-order valence-corrected chi connectivity index (χ0v) is 20.0. The molecule has 4 aromatic rings. The summed E-state index contributed by atoms with van der Waals surface area (Å²) in [6, 6.07) is 27.4. The molecule has 1 heterocycles. The number of anilines is 2. The molecule has 1 aromatic heterocycles. The normalized spacial score (nSPS) is 10.6. The first-order chi connectivity index (χ1) is 16.6. The Bertz CT molecular complexity index is 1240. The van der Waals surface area contributed by atoms with Crippen LogP contribution in [-0.2, 0) is 13.0 Å². The van der Waals surface area contributed by atoms with Gasteiger partial charge in [0.2, 0.25) is 0 Å². The summed E-state index contributed by atoms with van der Waals surface area (Å²) >= 11 is 6.38. The highest BCUT2D eigenvalue weighted by Gasteiger charge is 2.15. The molecule has 0 aliphatic carbocycles. The molecule has 0 radical (unpaired) electrons. The number of pyridine rings is 1. The molecule has 0 fully saturated rings. The van der Waals surface area contributed by atoms with E-state index < -0.39 is 0 Å². The smallest absolute Gasteiger partial charge is 0.257 e. The van der Waals surface area contributed by atoms with Gasteiger partial charge in [-0.2, -0.15) is 0 Å². The lowest BCUT2D eigenvalue weighted by molar-refractivity contribution is 0.102. The molecule has 34 heavy (non-hydrogen) atoms. The quantitative estimate of drug-likeness (QED) is 0.265. The van der Waals surface area contributed by atoms with E-state index in [-0.39, 0.29) is 5.91 Å². The third-order valence-corrected chi connectivity index (χ3v) is 5.96. The van der Waals surface area contributed by atoms with Crippen molar-refractivity contribution < 1.29 is 4.79 Å². The van der Waals surface area contributed by atoms with E-state index >= 15 is 0 Å². The Labute approximate surface area is 206 Å². The van der Waals surface area contributed by atoms with Gasteiger partial charge in [0.05, 0.1) is 16.3 Å². The summed E-state index contributed by atoms with van der Waals surface area (Å²) in [5.41, 5.74) is 5.98. The van der Waals surface area contributed by atoms with Crippen LogP contribution in [0, 0.1) is 0 Å². The van der Waals surface area contributed by atoms with Gasteiger partial charge in [-0.25, -0.2) is 0 Å². The number of amides is 1. The molecule has 0 aliphatic heterocycles. The number of carbonyl (C=O) groups excluding carboxylic acids is 1. The van der Waals surface area contributed by atoms with Crippen LogP contribution in [0.3, 0.4) is 0 Å². The lowest BCUT2D eigenvalue weighted by atomic mass is 10.0. The summed E-state index contributed by atoms with van der Waals surface area (Å²) in [4.78, 5) is 17.6. The number of unbranched alkanes of at least 4 members (excludes halogenated alkanes) is 1. The van der Waals surface area contributed by atoms with E-state index in [4.69, 9.17) is 11.6 Å². The lowest BCUT2D eigenvalue weighted by Crippen LogP contribution is -2.15. The fourth-order valence-corrected chi connectivity index (χ4v) is 3.99. The van der Waals surface area contributed by atoms with Crippen LogP contribution in [0.5, 0.6) is 0 Å². The number of aryl methyl sites for hydroxylation is 1. The fraction of sp³-hybridized carbons (Fsp3) is 0.172. The van der Waals surface area contributed by atoms with Crippen molar-refractivity contribution >= 4 is 28.9 Å². The van der Waals surface area contributed by atoms with Crippen LogP contribution in [0.15, 0.2) is 91.1 Å². The van der Waals surface area contributed by atoms with Gasteiger partial charge >= 0.3 is 0 Å². The molecule has 0 unspecified atom stereocenters. The fourth-order valence-electron chi connectivity index (χ4n) is 3.76. The average Bonchev–Trinajstić information content (AvgIpc) is 2.88. The zero-order valence-electron chi connectivity index (χ0n) is 19.2. The summed E-state index contributed by atoms with van der Waals surface area (Å²) < 4.78 is 0. The van der Waals surface area contributed by atoms with E-state index in [1.807, 2.05) is 66.7 Å². The largest absolute Gasteiger partial charge is 0.380 e. The monoisotopic (exact) mass is 469 g/mol. The van der Waals surface area contributed by atoms with Crippen molar-refractivity contribution in [1.82, 2.24) is 4.98 Å². The Hall–Kier alpha value is -3.63. The van der Waals surface area contributed by atoms with Crippen molar-refractivity contribution in [2.24, 2.45) is 0 Å². The molecule has 0 saturated carbocycles. The molecular formula is C29H28ClN3O. The van der Waals surface area contributed by atoms with E-state index in [0.29, 0.717) is 22.8 Å². The van der Waals surface area contributed by atoms with Crippen molar-refractivity contribution in [3.8, 4) is 11.3 Å². The average molecular weight is 470 g/mol. The minimum absolute atomic E-state index is 0.171. The molecule has 4 rings (SSSR count). The van der Waals surface area contributed by atoms with Crippen LogP contribution in [-0.4, -0.2) is 10.9 Å². The second-order valence-corrected chi connectivity index (χ2v) is 8.60. The van der Waals surface area contributed by atoms with Gasteiger partial charge in [0.15, 0.2) is 0 Å². The molecule has 0 atom stereocenters. The van der Waals surface area contributed by atoms with E-state index in [9.17, 15) is 4.79 Å². The number of nitrogens with zero attached hydrogens (tertiary/aromatic N) is 1. The summed E-state index contributed by atoms with van der Waals surface area (Å²) in [5, 5.41) is 7.02. The maximum absolute atomic E-state index is 13.2. The summed E-state index contributed by atoms with van der Waals surface area (Å²) in [7, 11) is 0. The van der Waals surface area contributed by atoms with E-state index in [1.165, 1.54) is 5.56 Å². The van der Waals surface area contributed by atoms with Crippen LogP contribution in [0.2, 0.25) is 5.02 Å². The van der Waals surface area contributed by atoms with Gasteiger partial charge in [-0.3, -0.25) is 9.78 Å². The third kappa shape index (κ3) is 6.03. The predicted octanol–water partition coefficient (Wildman–Crippen LogP) is 7.61. The summed E-state index contributed by atoms with van der Waals surface area (Å²) in [6.45, 7) is 2.78. The SMILES string of the molecule is CCCCc1ccc(NC(=O)c2ccc(-c3ncccc3Cl)cc2NCc2ccccc2)cc1. The molecule has 4 nitrogen and oxygen atoms in total. The van der Waals surface area contributed by atoms with E-state index in [0.717, 1.165) is 41.8 Å². The Morgan fingerprint density at radius 3 is 2.44 bits per heavy atom. The summed E-state index contributed by atoms with van der Waals surface area (Å²) in [6.07, 6.45) is 5.09. The molecule has 0 bridgehead atoms. The molecule has 5 heteroatoms. The minimum atomic E-state index is -0.171. The topological polar surface area (TPSA) is 54.0 Å². The van der Waals surface area contributed by atoms with E-state index in [1.54, 1.807) is 12.3 Å². The maximum atomic E-state index is 13.2. The summed E-state index contributed by atoms with van der Waals surface area (Å²) in [5.74, 6) is -0.171. The number of aromatic nitrogens is 1. The third-order valence-electron chi connectivity index (χ3n) is 5.65. The first kappa shape index (κ1) is 23.5. The van der Waals surface area contributed by atoms with Crippen molar-refractivity contribution in [3.63, 3.8) is 0 Å². The van der Waals surface area contributed by atoms with Crippen LogP contribution >= 0.6 is 11.6 Å². The molecule has 1 amide bonds. The number of benzene rings is 3. The predicted molar refractivity (Wildman–Crippen MR) is 141 cm³/mol. The Morgan fingerprint density at radius 1 is 0.912 bits per heavy atom. The lowest BCUT2D eigenvalue weighted by Gasteiger charge is -2.15. The van der Waals surface area contributed by atoms with Crippen LogP contribution in [0.1, 0.15) is 41.3 Å². The van der Waals surface area contributed by atoms with E-state index in [2.05, 4.69) is 34.7 Å². The molecule has 0 spiro atoms. The maximum Gasteiger partial charge on any atom is 0.257 e. The number of nitrogens with one attached hydrogen (secondary N) is 2. The number of halogens is 1. The highest BCUT2D eigenvalue weighted by atomic mass is 35.5. The second kappa shape index (κ2) is 11.5. The highest BCUT2D eigenvalue weighted by molar-refractivity contribution is 6.33. The molecule has 0 aliphatic rings. The number of rotatable bonds is 9. The van der Waals surface area contributed by atoms with Crippen molar-refractivity contribution in [1.29, 1.82) is 0 Å². The van der Waals surface area contributed by atoms with Gasteiger partial charge in [-0.15, -0.1) is 0 Å². The highest BCUT2D eigenvalue weighted by Crippen LogP contribution is 2.30. The first-order valence-electron chi connectivity index (χ1n) is 11.6. The second-order valence-electron chi connectivity index (χ2n) is 8.19. The number of hydrogen-bond acceptors (Lipinski definition) is 3. The van der Waals surface area contributed by atoms with Gasteiger partial charge in [0, 0.05) is 29.7 Å². The van der Waals surface area contributed by atoms with Crippen LogP contribution < -0.4 is 10.6 Å². The molecule has 3 aromatic carbocycles.